The van der Waals surface area contributed by atoms with Crippen molar-refractivity contribution in [2.45, 2.75) is 213 Å². The monoisotopic (exact) mass is 800 g/mol. The molecule has 0 rings (SSSR count). The number of carbonyl (C=O) groups excluding carboxylic acids is 1. The maximum Gasteiger partial charge on any atom is 0.306 e. The molecular weight excluding hydrogens is 709 g/mol. The summed E-state index contributed by atoms with van der Waals surface area (Å²) in [5.74, 6) is -0.335. The zero-order valence-electron chi connectivity index (χ0n) is 36.9. The van der Waals surface area contributed by atoms with E-state index in [0.29, 0.717) is 24.1 Å². The molecule has 0 amide bonds. The van der Waals surface area contributed by atoms with Crippen molar-refractivity contribution >= 4 is 13.8 Å². The molecule has 0 bridgehead atoms. The van der Waals surface area contributed by atoms with Gasteiger partial charge in [-0.3, -0.25) is 9.36 Å². The summed E-state index contributed by atoms with van der Waals surface area (Å²) in [4.78, 5) is 25.1. The van der Waals surface area contributed by atoms with E-state index in [2.05, 4.69) is 38.2 Å². The molecule has 0 aromatic carbocycles. The maximum absolute atomic E-state index is 12.7. The third-order valence-electron chi connectivity index (χ3n) is 10.0. The Morgan fingerprint density at radius 2 is 1.00 bits per heavy atom. The van der Waals surface area contributed by atoms with E-state index in [9.17, 15) is 14.3 Å². The molecule has 0 aliphatic carbocycles. The first kappa shape index (κ1) is 54.0. The number of allylic oxidation sites excluding steroid dienone is 4. The Kier molecular flexibility index (Phi) is 39.1. The largest absolute Gasteiger partial charge is 0.756 e. The number of phosphoric ester groups is 1. The van der Waals surface area contributed by atoms with Crippen LogP contribution in [0, 0.1) is 0 Å². The Morgan fingerprint density at radius 1 is 0.564 bits per heavy atom. The molecule has 0 aromatic rings. The van der Waals surface area contributed by atoms with E-state index in [1.54, 1.807) is 0 Å². The lowest BCUT2D eigenvalue weighted by Crippen LogP contribution is -2.37. The summed E-state index contributed by atoms with van der Waals surface area (Å²) in [6, 6.07) is 0. The molecule has 8 nitrogen and oxygen atoms in total. The van der Waals surface area contributed by atoms with Crippen molar-refractivity contribution < 1.29 is 37.3 Å². The fraction of sp³-hybridized carbons (Fsp3) is 0.891. The second-order valence-electron chi connectivity index (χ2n) is 16.8. The standard InChI is InChI=1S/C46H90NO7P/c1-6-8-10-12-14-16-18-20-22-24-25-27-29-31-33-35-37-39-46(48)54-45(44-53-55(49,50)52-42-40-47(3,4)5)43-51-41-38-36-34-32-30-28-26-23-21-19-17-15-13-11-9-7-2/h15,17,21,23,45H,6-14,16,18-20,22,24-44H2,1-5H3/b17-15-,23-21-. The van der Waals surface area contributed by atoms with Crippen LogP contribution in [-0.2, 0) is 27.9 Å². The molecule has 2 atom stereocenters. The zero-order valence-corrected chi connectivity index (χ0v) is 37.8. The van der Waals surface area contributed by atoms with E-state index >= 15 is 0 Å². The van der Waals surface area contributed by atoms with Crippen LogP contribution in [0.3, 0.4) is 0 Å². The Labute approximate surface area is 341 Å². The van der Waals surface area contributed by atoms with Gasteiger partial charge in [0.25, 0.3) is 7.82 Å². The summed E-state index contributed by atoms with van der Waals surface area (Å²) >= 11 is 0. The number of hydrogen-bond acceptors (Lipinski definition) is 7. The summed E-state index contributed by atoms with van der Waals surface area (Å²) in [7, 11) is 1.36. The van der Waals surface area contributed by atoms with Gasteiger partial charge in [-0.1, -0.05) is 179 Å². The third-order valence-corrected chi connectivity index (χ3v) is 11.0. The average molecular weight is 800 g/mol. The second-order valence-corrected chi connectivity index (χ2v) is 18.2. The Bertz CT molecular complexity index is 936. The normalized spacial score (nSPS) is 13.9. The van der Waals surface area contributed by atoms with E-state index in [4.69, 9.17) is 18.5 Å². The van der Waals surface area contributed by atoms with E-state index in [0.717, 1.165) is 44.9 Å². The lowest BCUT2D eigenvalue weighted by atomic mass is 10.0. The minimum Gasteiger partial charge on any atom is -0.756 e. The predicted octanol–water partition coefficient (Wildman–Crippen LogP) is 13.0. The van der Waals surface area contributed by atoms with Gasteiger partial charge < -0.3 is 27.9 Å². The highest BCUT2D eigenvalue weighted by atomic mass is 31.2. The summed E-state index contributed by atoms with van der Waals surface area (Å²) in [5, 5.41) is 0. The number of unbranched alkanes of at least 4 members (excludes halogenated alkanes) is 25. The first-order valence-corrected chi connectivity index (χ1v) is 24.5. The first-order valence-electron chi connectivity index (χ1n) is 23.1. The minimum absolute atomic E-state index is 0.0259. The van der Waals surface area contributed by atoms with Crippen molar-refractivity contribution in [3.05, 3.63) is 24.3 Å². The fourth-order valence-electron chi connectivity index (χ4n) is 6.40. The fourth-order valence-corrected chi connectivity index (χ4v) is 7.13. The first-order chi connectivity index (χ1) is 26.6. The Morgan fingerprint density at radius 3 is 1.51 bits per heavy atom. The molecule has 326 valence electrons. The van der Waals surface area contributed by atoms with Gasteiger partial charge in [-0.25, -0.2) is 0 Å². The summed E-state index contributed by atoms with van der Waals surface area (Å²) in [5.41, 5.74) is 0. The molecule has 9 heteroatoms. The van der Waals surface area contributed by atoms with Crippen LogP contribution in [0.5, 0.6) is 0 Å². The van der Waals surface area contributed by atoms with E-state index in [1.165, 1.54) is 141 Å². The number of esters is 1. The third kappa shape index (κ3) is 43.9. The molecule has 0 saturated heterocycles. The molecule has 0 aromatic heterocycles. The van der Waals surface area contributed by atoms with Gasteiger partial charge in [-0.15, -0.1) is 0 Å². The zero-order chi connectivity index (χ0) is 40.6. The smallest absolute Gasteiger partial charge is 0.306 e. The van der Waals surface area contributed by atoms with Gasteiger partial charge in [0.05, 0.1) is 34.4 Å². The summed E-state index contributed by atoms with van der Waals surface area (Å²) < 4.78 is 34.6. The highest BCUT2D eigenvalue weighted by molar-refractivity contribution is 7.45. The number of phosphoric acid groups is 1. The Balaban J connectivity index is 4.20. The van der Waals surface area contributed by atoms with Crippen molar-refractivity contribution in [3.63, 3.8) is 0 Å². The molecular formula is C46H90NO7P. The van der Waals surface area contributed by atoms with Crippen LogP contribution in [-0.4, -0.2) is 70.7 Å². The number of hydrogen-bond donors (Lipinski definition) is 0. The van der Waals surface area contributed by atoms with Crippen LogP contribution in [0.1, 0.15) is 206 Å². The number of ether oxygens (including phenoxy) is 2. The van der Waals surface area contributed by atoms with Crippen LogP contribution in [0.2, 0.25) is 0 Å². The molecule has 0 aliphatic rings. The molecule has 0 saturated carbocycles. The molecule has 0 fully saturated rings. The van der Waals surface area contributed by atoms with Crippen LogP contribution in [0.15, 0.2) is 24.3 Å². The number of rotatable bonds is 43. The highest BCUT2D eigenvalue weighted by Crippen LogP contribution is 2.38. The van der Waals surface area contributed by atoms with E-state index < -0.39 is 13.9 Å². The summed E-state index contributed by atoms with van der Waals surface area (Å²) in [6.45, 7) is 5.39. The molecule has 0 N–H and O–H groups in total. The lowest BCUT2D eigenvalue weighted by Gasteiger charge is -2.28. The van der Waals surface area contributed by atoms with Gasteiger partial charge in [0.1, 0.15) is 19.3 Å². The average Bonchev–Trinajstić information content (AvgIpc) is 3.13. The van der Waals surface area contributed by atoms with Crippen LogP contribution in [0.25, 0.3) is 0 Å². The molecule has 0 aliphatic heterocycles. The second kappa shape index (κ2) is 39.8. The van der Waals surface area contributed by atoms with Crippen LogP contribution < -0.4 is 4.89 Å². The van der Waals surface area contributed by atoms with Crippen molar-refractivity contribution in [3.8, 4) is 0 Å². The Hall–Kier alpha value is -1.02. The topological polar surface area (TPSA) is 94.1 Å². The van der Waals surface area contributed by atoms with Gasteiger partial charge >= 0.3 is 5.97 Å². The maximum atomic E-state index is 12.7. The predicted molar refractivity (Wildman–Crippen MR) is 231 cm³/mol. The van der Waals surface area contributed by atoms with Gasteiger partial charge in [0.2, 0.25) is 0 Å². The molecule has 2 unspecified atom stereocenters. The number of nitrogens with zero attached hydrogens (tertiary/aromatic N) is 1. The molecule has 0 radical (unpaired) electrons. The quantitative estimate of drug-likeness (QED) is 0.0199. The van der Waals surface area contributed by atoms with Crippen LogP contribution in [0.4, 0.5) is 0 Å². The van der Waals surface area contributed by atoms with Gasteiger partial charge in [0, 0.05) is 13.0 Å². The SMILES string of the molecule is CCCCC/C=C\C/C=C\CCCCCCCCOCC(COP(=O)([O-])OCC[N+](C)(C)C)OC(=O)CCCCCCCCCCCCCCCCCCC. The highest BCUT2D eigenvalue weighted by Gasteiger charge is 2.20. The molecule has 0 spiro atoms. The summed E-state index contributed by atoms with van der Waals surface area (Å²) in [6.07, 6.45) is 44.7. The lowest BCUT2D eigenvalue weighted by molar-refractivity contribution is -0.870. The molecule has 55 heavy (non-hydrogen) atoms. The minimum atomic E-state index is -4.52. The number of carbonyl (C=O) groups is 1. The van der Waals surface area contributed by atoms with Crippen molar-refractivity contribution in [1.82, 2.24) is 0 Å². The van der Waals surface area contributed by atoms with Gasteiger partial charge in [-0.05, 0) is 44.9 Å². The van der Waals surface area contributed by atoms with Crippen molar-refractivity contribution in [1.29, 1.82) is 0 Å². The van der Waals surface area contributed by atoms with E-state index in [1.807, 2.05) is 21.1 Å². The van der Waals surface area contributed by atoms with E-state index in [-0.39, 0.29) is 25.8 Å². The van der Waals surface area contributed by atoms with Gasteiger partial charge in [0.15, 0.2) is 0 Å². The molecule has 0 heterocycles. The number of likely N-dealkylation sites (N-methyl/N-ethyl adjacent to an activating group) is 1. The van der Waals surface area contributed by atoms with Gasteiger partial charge in [-0.2, -0.15) is 0 Å². The number of quaternary nitrogens is 1. The van der Waals surface area contributed by atoms with Crippen molar-refractivity contribution in [2.75, 3.05) is 54.1 Å². The van der Waals surface area contributed by atoms with Crippen molar-refractivity contribution in [2.24, 2.45) is 0 Å². The van der Waals surface area contributed by atoms with Crippen LogP contribution >= 0.6 is 7.82 Å².